The summed E-state index contributed by atoms with van der Waals surface area (Å²) in [6.45, 7) is 3.40. The second-order valence-electron chi connectivity index (χ2n) is 3.36. The van der Waals surface area contributed by atoms with Crippen LogP contribution in [0.5, 0.6) is 0 Å². The Hall–Kier alpha value is -0.610. The zero-order valence-corrected chi connectivity index (χ0v) is 9.88. The van der Waals surface area contributed by atoms with Crippen LogP contribution in [0.25, 0.3) is 0 Å². The lowest BCUT2D eigenvalue weighted by molar-refractivity contribution is 0.595. The topological polar surface area (TPSA) is 48.0 Å². The molecule has 0 radical (unpaired) electrons. The van der Waals surface area contributed by atoms with E-state index in [1.165, 1.54) is 0 Å². The molecule has 14 heavy (non-hydrogen) atoms. The third-order valence-electron chi connectivity index (χ3n) is 2.03. The Morgan fingerprint density at radius 1 is 1.50 bits per heavy atom. The Kier molecular flexibility index (Phi) is 4.35. The Balaban J connectivity index is 2.81. The van der Waals surface area contributed by atoms with E-state index in [1.807, 2.05) is 19.2 Å². The van der Waals surface area contributed by atoms with Crippen LogP contribution in [-0.4, -0.2) is 11.1 Å². The number of unbranched alkanes of at least 4 members (excludes halogenated alkanes) is 1. The third kappa shape index (κ3) is 2.96. The van der Waals surface area contributed by atoms with Gasteiger partial charge in [0, 0.05) is 12.7 Å². The van der Waals surface area contributed by atoms with E-state index in [0.29, 0.717) is 11.0 Å². The Morgan fingerprint density at radius 2 is 2.21 bits per heavy atom. The average molecular weight is 259 g/mol. The molecule has 0 fully saturated rings. The normalized spacial score (nSPS) is 10.5. The van der Waals surface area contributed by atoms with Gasteiger partial charge < -0.3 is 10.3 Å². The average Bonchev–Trinajstić information content (AvgIpc) is 2.13. The van der Waals surface area contributed by atoms with E-state index in [-0.39, 0.29) is 5.56 Å². The zero-order valence-electron chi connectivity index (χ0n) is 8.29. The highest BCUT2D eigenvalue weighted by Crippen LogP contribution is 2.06. The maximum absolute atomic E-state index is 11.6. The number of halogens is 1. The molecule has 0 spiro atoms. The van der Waals surface area contributed by atoms with Gasteiger partial charge in [-0.1, -0.05) is 0 Å². The van der Waals surface area contributed by atoms with Gasteiger partial charge in [-0.05, 0) is 53.9 Å². The molecule has 0 unspecified atom stereocenters. The SMILES string of the molecule is Cc1cc(Br)c(=O)n(CCCCN)c1. The second kappa shape index (κ2) is 5.32. The van der Waals surface area contributed by atoms with Crippen LogP contribution in [0.4, 0.5) is 0 Å². The lowest BCUT2D eigenvalue weighted by Gasteiger charge is -2.06. The number of rotatable bonds is 4. The first-order valence-corrected chi connectivity index (χ1v) is 5.51. The molecule has 0 amide bonds. The van der Waals surface area contributed by atoms with E-state index in [1.54, 1.807) is 4.57 Å². The van der Waals surface area contributed by atoms with Gasteiger partial charge in [-0.2, -0.15) is 0 Å². The van der Waals surface area contributed by atoms with Gasteiger partial charge in [0.1, 0.15) is 0 Å². The highest BCUT2D eigenvalue weighted by atomic mass is 79.9. The summed E-state index contributed by atoms with van der Waals surface area (Å²) in [4.78, 5) is 11.6. The minimum atomic E-state index is 0.0348. The lowest BCUT2D eigenvalue weighted by atomic mass is 10.3. The fourth-order valence-corrected chi connectivity index (χ4v) is 1.92. The summed E-state index contributed by atoms with van der Waals surface area (Å²) in [7, 11) is 0. The molecule has 78 valence electrons. The van der Waals surface area contributed by atoms with Crippen LogP contribution < -0.4 is 11.3 Å². The Labute approximate surface area is 92.1 Å². The molecular weight excluding hydrogens is 244 g/mol. The first-order chi connectivity index (χ1) is 6.65. The van der Waals surface area contributed by atoms with Crippen LogP contribution in [0, 0.1) is 6.92 Å². The number of nitrogens with zero attached hydrogens (tertiary/aromatic N) is 1. The van der Waals surface area contributed by atoms with Crippen LogP contribution in [-0.2, 0) is 6.54 Å². The maximum atomic E-state index is 11.6. The summed E-state index contributed by atoms with van der Waals surface area (Å²) in [5.74, 6) is 0. The zero-order chi connectivity index (χ0) is 10.6. The molecular formula is C10H15BrN2O. The molecule has 0 saturated heterocycles. The van der Waals surface area contributed by atoms with Crippen LogP contribution in [0.15, 0.2) is 21.5 Å². The summed E-state index contributed by atoms with van der Waals surface area (Å²) in [6, 6.07) is 1.84. The van der Waals surface area contributed by atoms with E-state index in [9.17, 15) is 4.79 Å². The van der Waals surface area contributed by atoms with Gasteiger partial charge in [0.25, 0.3) is 5.56 Å². The number of hydrogen-bond donors (Lipinski definition) is 1. The number of pyridine rings is 1. The van der Waals surface area contributed by atoms with Crippen LogP contribution in [0.3, 0.4) is 0 Å². The molecule has 0 saturated carbocycles. The van der Waals surface area contributed by atoms with Gasteiger partial charge in [-0.3, -0.25) is 4.79 Å². The molecule has 0 aliphatic heterocycles. The Morgan fingerprint density at radius 3 is 2.86 bits per heavy atom. The second-order valence-corrected chi connectivity index (χ2v) is 4.21. The molecule has 1 heterocycles. The highest BCUT2D eigenvalue weighted by Gasteiger charge is 2.01. The van der Waals surface area contributed by atoms with Gasteiger partial charge >= 0.3 is 0 Å². The number of aryl methyl sites for hydroxylation is 2. The van der Waals surface area contributed by atoms with Crippen molar-refractivity contribution in [3.8, 4) is 0 Å². The molecule has 0 aliphatic carbocycles. The van der Waals surface area contributed by atoms with E-state index < -0.39 is 0 Å². The van der Waals surface area contributed by atoms with Crippen molar-refractivity contribution in [3.63, 3.8) is 0 Å². The summed E-state index contributed by atoms with van der Waals surface area (Å²) in [5, 5.41) is 0. The third-order valence-corrected chi connectivity index (χ3v) is 2.60. The van der Waals surface area contributed by atoms with E-state index in [2.05, 4.69) is 15.9 Å². The minimum Gasteiger partial charge on any atom is -0.330 e. The Bertz CT molecular complexity index is 360. The van der Waals surface area contributed by atoms with Crippen molar-refractivity contribution in [2.24, 2.45) is 5.73 Å². The monoisotopic (exact) mass is 258 g/mol. The van der Waals surface area contributed by atoms with Crippen molar-refractivity contribution in [1.29, 1.82) is 0 Å². The molecule has 1 rings (SSSR count). The van der Waals surface area contributed by atoms with Gasteiger partial charge in [-0.15, -0.1) is 0 Å². The minimum absolute atomic E-state index is 0.0348. The summed E-state index contributed by atoms with van der Waals surface area (Å²) in [6.07, 6.45) is 3.79. The smallest absolute Gasteiger partial charge is 0.264 e. The van der Waals surface area contributed by atoms with Gasteiger partial charge in [-0.25, -0.2) is 0 Å². The molecule has 1 aromatic rings. The van der Waals surface area contributed by atoms with Crippen molar-refractivity contribution in [2.75, 3.05) is 6.54 Å². The predicted octanol–water partition coefficient (Wildman–Crippen LogP) is 1.66. The maximum Gasteiger partial charge on any atom is 0.264 e. The van der Waals surface area contributed by atoms with Gasteiger partial charge in [0.2, 0.25) is 0 Å². The predicted molar refractivity (Wildman–Crippen MR) is 61.4 cm³/mol. The molecule has 3 nitrogen and oxygen atoms in total. The number of nitrogens with two attached hydrogens (primary N) is 1. The molecule has 0 atom stereocenters. The van der Waals surface area contributed by atoms with E-state index >= 15 is 0 Å². The van der Waals surface area contributed by atoms with Crippen molar-refractivity contribution in [2.45, 2.75) is 26.3 Å². The van der Waals surface area contributed by atoms with Crippen LogP contribution >= 0.6 is 15.9 Å². The number of aromatic nitrogens is 1. The summed E-state index contributed by atoms with van der Waals surface area (Å²) < 4.78 is 2.36. The van der Waals surface area contributed by atoms with Crippen LogP contribution in [0.2, 0.25) is 0 Å². The fraction of sp³-hybridized carbons (Fsp3) is 0.500. The highest BCUT2D eigenvalue weighted by molar-refractivity contribution is 9.10. The van der Waals surface area contributed by atoms with Crippen molar-refractivity contribution < 1.29 is 0 Å². The van der Waals surface area contributed by atoms with Crippen molar-refractivity contribution >= 4 is 15.9 Å². The van der Waals surface area contributed by atoms with Gasteiger partial charge in [0.05, 0.1) is 4.47 Å². The number of hydrogen-bond acceptors (Lipinski definition) is 2. The lowest BCUT2D eigenvalue weighted by Crippen LogP contribution is -2.21. The van der Waals surface area contributed by atoms with Gasteiger partial charge in [0.15, 0.2) is 0 Å². The molecule has 4 heteroatoms. The summed E-state index contributed by atoms with van der Waals surface area (Å²) in [5.41, 5.74) is 6.52. The molecule has 0 bridgehead atoms. The molecule has 0 aromatic carbocycles. The standard InChI is InChI=1S/C10H15BrN2O/c1-8-6-9(11)10(14)13(7-8)5-3-2-4-12/h6-7H,2-5,12H2,1H3. The first kappa shape index (κ1) is 11.5. The van der Waals surface area contributed by atoms with Crippen LogP contribution in [0.1, 0.15) is 18.4 Å². The molecule has 2 N–H and O–H groups in total. The largest absolute Gasteiger partial charge is 0.330 e. The summed E-state index contributed by atoms with van der Waals surface area (Å²) >= 11 is 3.25. The van der Waals surface area contributed by atoms with Crippen molar-refractivity contribution in [1.82, 2.24) is 4.57 Å². The van der Waals surface area contributed by atoms with Crippen molar-refractivity contribution in [3.05, 3.63) is 32.7 Å². The fourth-order valence-electron chi connectivity index (χ4n) is 1.33. The first-order valence-electron chi connectivity index (χ1n) is 4.72. The molecule has 0 aliphatic rings. The van der Waals surface area contributed by atoms with E-state index in [0.717, 1.165) is 24.9 Å². The van der Waals surface area contributed by atoms with E-state index in [4.69, 9.17) is 5.73 Å². The molecule has 1 aromatic heterocycles. The quantitative estimate of drug-likeness (QED) is 0.836.